The second-order valence-electron chi connectivity index (χ2n) is 5.86. The molecule has 0 fully saturated rings. The molecule has 0 unspecified atom stereocenters. The molecule has 1 N–H and O–H groups in total. The van der Waals surface area contributed by atoms with Gasteiger partial charge in [-0.2, -0.15) is 8.75 Å². The number of thiazole rings is 1. The lowest BCUT2D eigenvalue weighted by molar-refractivity contribution is -0.119. The molecule has 1 amide bonds. The Hall–Kier alpha value is -3.17. The lowest BCUT2D eigenvalue weighted by Crippen LogP contribution is -2.21. The van der Waals surface area contributed by atoms with Crippen LogP contribution in [0.15, 0.2) is 48.5 Å². The number of fused-ring (bicyclic) bond motifs is 1. The Balaban J connectivity index is 1.41. The highest BCUT2D eigenvalue weighted by Crippen LogP contribution is 2.28. The van der Waals surface area contributed by atoms with Crippen molar-refractivity contribution in [2.75, 3.05) is 11.9 Å². The van der Waals surface area contributed by atoms with Crippen LogP contribution in [0.5, 0.6) is 0 Å². The minimum Gasteiger partial charge on any atom is -0.451 e. The maximum atomic E-state index is 12.4. The summed E-state index contributed by atoms with van der Waals surface area (Å²) in [7, 11) is 0. The molecule has 2 heterocycles. The Morgan fingerprint density at radius 2 is 1.89 bits per heavy atom. The molecule has 0 aliphatic rings. The van der Waals surface area contributed by atoms with Crippen LogP contribution in [0.25, 0.3) is 21.6 Å². The van der Waals surface area contributed by atoms with Crippen molar-refractivity contribution in [3.05, 3.63) is 59.1 Å². The Kier molecular flexibility index (Phi) is 5.09. The Bertz CT molecular complexity index is 1150. The van der Waals surface area contributed by atoms with Crippen LogP contribution < -0.4 is 5.32 Å². The predicted octanol–water partition coefficient (Wildman–Crippen LogP) is 3.92. The third-order valence-corrected chi connectivity index (χ3v) is 5.63. The van der Waals surface area contributed by atoms with Gasteiger partial charge in [0.05, 0.1) is 23.1 Å². The first-order chi connectivity index (χ1) is 13.6. The number of nitrogens with one attached hydrogen (secondary N) is 1. The summed E-state index contributed by atoms with van der Waals surface area (Å²) in [6.45, 7) is 1.35. The molecule has 0 spiro atoms. The number of hydrogen-bond donors (Lipinski definition) is 1. The number of amides is 1. The van der Waals surface area contributed by atoms with Gasteiger partial charge in [0.15, 0.2) is 6.61 Å². The number of aryl methyl sites for hydroxylation is 1. The van der Waals surface area contributed by atoms with Gasteiger partial charge in [-0.15, -0.1) is 11.3 Å². The van der Waals surface area contributed by atoms with Crippen LogP contribution in [0.1, 0.15) is 15.4 Å². The maximum absolute atomic E-state index is 12.4. The summed E-state index contributed by atoms with van der Waals surface area (Å²) in [5, 5.41) is 3.43. The van der Waals surface area contributed by atoms with E-state index in [9.17, 15) is 9.59 Å². The number of aromatic nitrogens is 3. The first-order valence-corrected chi connectivity index (χ1v) is 9.87. The summed E-state index contributed by atoms with van der Waals surface area (Å²) >= 11 is 2.31. The molecular weight excluding hydrogens is 396 g/mol. The molecule has 0 aliphatic heterocycles. The highest BCUT2D eigenvalue weighted by atomic mass is 32.1. The third kappa shape index (κ3) is 3.75. The SMILES string of the molecule is Cc1nc(-c2ccccc2)sc1C(=O)OCC(=O)Nc1cccc2nsnc12. The van der Waals surface area contributed by atoms with Crippen LogP contribution in [0.3, 0.4) is 0 Å². The average molecular weight is 410 g/mol. The lowest BCUT2D eigenvalue weighted by atomic mass is 10.2. The van der Waals surface area contributed by atoms with E-state index in [0.717, 1.165) is 22.3 Å². The van der Waals surface area contributed by atoms with E-state index in [1.165, 1.54) is 11.3 Å². The first kappa shape index (κ1) is 18.2. The fourth-order valence-electron chi connectivity index (χ4n) is 2.58. The standard InChI is InChI=1S/C19H14N4O3S2/c1-11-17(27-18(20-11)12-6-3-2-4-7-12)19(25)26-10-15(24)21-13-8-5-9-14-16(13)23-28-22-14/h2-9H,10H2,1H3,(H,21,24). The zero-order chi connectivity index (χ0) is 19.5. The van der Waals surface area contributed by atoms with E-state index in [1.807, 2.05) is 36.4 Å². The normalized spacial score (nSPS) is 10.8. The molecule has 2 aromatic heterocycles. The molecule has 0 saturated heterocycles. The highest BCUT2D eigenvalue weighted by molar-refractivity contribution is 7.17. The van der Waals surface area contributed by atoms with Crippen LogP contribution in [-0.4, -0.2) is 32.2 Å². The van der Waals surface area contributed by atoms with Crippen molar-refractivity contribution in [3.63, 3.8) is 0 Å². The smallest absolute Gasteiger partial charge is 0.350 e. The molecule has 4 aromatic rings. The van der Waals surface area contributed by atoms with Crippen LogP contribution in [0.2, 0.25) is 0 Å². The molecule has 0 radical (unpaired) electrons. The number of benzene rings is 2. The quantitative estimate of drug-likeness (QED) is 0.501. The molecular formula is C19H14N4O3S2. The lowest BCUT2D eigenvalue weighted by Gasteiger charge is -2.06. The Labute approximate surface area is 168 Å². The minimum absolute atomic E-state index is 0.387. The number of nitrogens with zero attached hydrogens (tertiary/aromatic N) is 3. The van der Waals surface area contributed by atoms with Crippen molar-refractivity contribution >= 4 is 51.7 Å². The number of rotatable bonds is 5. The minimum atomic E-state index is -0.569. The topological polar surface area (TPSA) is 94.1 Å². The van der Waals surface area contributed by atoms with Crippen molar-refractivity contribution in [3.8, 4) is 10.6 Å². The fraction of sp³-hybridized carbons (Fsp3) is 0.105. The number of hydrogen-bond acceptors (Lipinski definition) is 8. The van der Waals surface area contributed by atoms with Crippen LogP contribution in [-0.2, 0) is 9.53 Å². The molecule has 7 nitrogen and oxygen atoms in total. The first-order valence-electron chi connectivity index (χ1n) is 8.33. The van der Waals surface area contributed by atoms with E-state index in [-0.39, 0.29) is 0 Å². The average Bonchev–Trinajstić information content (AvgIpc) is 3.34. The number of anilines is 1. The summed E-state index contributed by atoms with van der Waals surface area (Å²) < 4.78 is 13.5. The zero-order valence-corrected chi connectivity index (χ0v) is 16.3. The zero-order valence-electron chi connectivity index (χ0n) is 14.7. The Morgan fingerprint density at radius 1 is 1.07 bits per heavy atom. The van der Waals surface area contributed by atoms with Gasteiger partial charge < -0.3 is 10.1 Å². The van der Waals surface area contributed by atoms with Gasteiger partial charge in [-0.3, -0.25) is 4.79 Å². The second kappa shape index (κ2) is 7.83. The fourth-order valence-corrected chi connectivity index (χ4v) is 4.10. The molecule has 28 heavy (non-hydrogen) atoms. The highest BCUT2D eigenvalue weighted by Gasteiger charge is 2.19. The molecule has 4 rings (SSSR count). The van der Waals surface area contributed by atoms with E-state index in [1.54, 1.807) is 19.1 Å². The van der Waals surface area contributed by atoms with Crippen molar-refractivity contribution in [1.29, 1.82) is 0 Å². The van der Waals surface area contributed by atoms with Gasteiger partial charge in [0.2, 0.25) is 0 Å². The molecule has 0 saturated carbocycles. The molecule has 0 atom stereocenters. The molecule has 140 valence electrons. The summed E-state index contributed by atoms with van der Waals surface area (Å²) in [6, 6.07) is 14.9. The Morgan fingerprint density at radius 3 is 2.71 bits per heavy atom. The van der Waals surface area contributed by atoms with Gasteiger partial charge in [-0.05, 0) is 19.1 Å². The molecule has 2 aromatic carbocycles. The van der Waals surface area contributed by atoms with Crippen molar-refractivity contribution in [2.24, 2.45) is 0 Å². The van der Waals surface area contributed by atoms with E-state index in [4.69, 9.17) is 4.74 Å². The van der Waals surface area contributed by atoms with E-state index < -0.39 is 18.5 Å². The van der Waals surface area contributed by atoms with Gasteiger partial charge in [-0.1, -0.05) is 36.4 Å². The summed E-state index contributed by atoms with van der Waals surface area (Å²) in [6.07, 6.45) is 0. The molecule has 0 aliphatic carbocycles. The van der Waals surface area contributed by atoms with Crippen LogP contribution in [0.4, 0.5) is 5.69 Å². The third-order valence-electron chi connectivity index (χ3n) is 3.90. The molecule has 9 heteroatoms. The summed E-state index contributed by atoms with van der Waals surface area (Å²) in [5.74, 6) is -1.01. The predicted molar refractivity (Wildman–Crippen MR) is 109 cm³/mol. The second-order valence-corrected chi connectivity index (χ2v) is 7.39. The van der Waals surface area contributed by atoms with Crippen molar-refractivity contribution < 1.29 is 14.3 Å². The summed E-state index contributed by atoms with van der Waals surface area (Å²) in [5.41, 5.74) is 3.35. The number of ether oxygens (including phenoxy) is 1. The number of carbonyl (C=O) groups is 2. The number of esters is 1. The molecule has 0 bridgehead atoms. The monoisotopic (exact) mass is 410 g/mol. The van der Waals surface area contributed by atoms with Crippen molar-refractivity contribution in [1.82, 2.24) is 13.7 Å². The van der Waals surface area contributed by atoms with Gasteiger partial charge in [0, 0.05) is 5.56 Å². The van der Waals surface area contributed by atoms with Gasteiger partial charge >= 0.3 is 5.97 Å². The van der Waals surface area contributed by atoms with Crippen LogP contribution >= 0.6 is 23.1 Å². The van der Waals surface area contributed by atoms with Gasteiger partial charge in [0.1, 0.15) is 20.9 Å². The van der Waals surface area contributed by atoms with E-state index >= 15 is 0 Å². The van der Waals surface area contributed by atoms with E-state index in [0.29, 0.717) is 27.3 Å². The summed E-state index contributed by atoms with van der Waals surface area (Å²) in [4.78, 5) is 29.4. The van der Waals surface area contributed by atoms with Gasteiger partial charge in [0.25, 0.3) is 5.91 Å². The van der Waals surface area contributed by atoms with Gasteiger partial charge in [-0.25, -0.2) is 9.78 Å². The largest absolute Gasteiger partial charge is 0.451 e. The maximum Gasteiger partial charge on any atom is 0.350 e. The van der Waals surface area contributed by atoms with E-state index in [2.05, 4.69) is 19.0 Å². The van der Waals surface area contributed by atoms with Crippen LogP contribution in [0, 0.1) is 6.92 Å². The number of carbonyl (C=O) groups excluding carboxylic acids is 2. The van der Waals surface area contributed by atoms with Crippen molar-refractivity contribution in [2.45, 2.75) is 6.92 Å².